The number of β-amino-alcohol motifs (C(OH)–C–C–N with tert-alkyl or cyclic N) is 1. The van der Waals surface area contributed by atoms with Crippen molar-refractivity contribution < 1.29 is 5.11 Å². The third-order valence-electron chi connectivity index (χ3n) is 3.19. The van der Waals surface area contributed by atoms with Gasteiger partial charge in [0.1, 0.15) is 0 Å². The first-order chi connectivity index (χ1) is 5.65. The van der Waals surface area contributed by atoms with Crippen molar-refractivity contribution in [3.8, 4) is 0 Å². The molecule has 1 fully saturated rings. The van der Waals surface area contributed by atoms with Crippen molar-refractivity contribution in [1.82, 2.24) is 4.90 Å². The van der Waals surface area contributed by atoms with Crippen LogP contribution in [0.3, 0.4) is 0 Å². The van der Waals surface area contributed by atoms with Gasteiger partial charge in [0.2, 0.25) is 0 Å². The molecule has 2 heteroatoms. The number of likely N-dealkylation sites (tertiary alicyclic amines) is 1. The van der Waals surface area contributed by atoms with Crippen LogP contribution in [0, 0.1) is 5.92 Å². The number of hydrogen-bond acceptors (Lipinski definition) is 2. The van der Waals surface area contributed by atoms with E-state index in [-0.39, 0.29) is 6.10 Å². The fourth-order valence-corrected chi connectivity index (χ4v) is 1.83. The van der Waals surface area contributed by atoms with Crippen LogP contribution in [-0.2, 0) is 0 Å². The van der Waals surface area contributed by atoms with Gasteiger partial charge in [-0.15, -0.1) is 0 Å². The Morgan fingerprint density at radius 2 is 2.17 bits per heavy atom. The maximum Gasteiger partial charge on any atom is 0.0664 e. The number of aliphatic hydroxyl groups excluding tert-OH is 1. The second-order valence-corrected chi connectivity index (χ2v) is 4.06. The lowest BCUT2D eigenvalue weighted by atomic mass is 10.1. The van der Waals surface area contributed by atoms with Crippen LogP contribution in [0.5, 0.6) is 0 Å². The van der Waals surface area contributed by atoms with E-state index in [0.717, 1.165) is 18.9 Å². The minimum Gasteiger partial charge on any atom is -0.392 e. The molecule has 1 heterocycles. The van der Waals surface area contributed by atoms with E-state index in [2.05, 4.69) is 18.7 Å². The van der Waals surface area contributed by atoms with Crippen LogP contribution in [0.1, 0.15) is 33.6 Å². The van der Waals surface area contributed by atoms with Crippen molar-refractivity contribution >= 4 is 0 Å². The highest BCUT2D eigenvalue weighted by atomic mass is 16.3. The van der Waals surface area contributed by atoms with Crippen LogP contribution in [-0.4, -0.2) is 35.2 Å². The maximum absolute atomic E-state index is 9.48. The van der Waals surface area contributed by atoms with Crippen molar-refractivity contribution in [2.45, 2.75) is 45.8 Å². The summed E-state index contributed by atoms with van der Waals surface area (Å²) in [6.07, 6.45) is 2.03. The highest BCUT2D eigenvalue weighted by Crippen LogP contribution is 2.23. The molecule has 1 N–H and O–H groups in total. The Morgan fingerprint density at radius 3 is 2.58 bits per heavy atom. The summed E-state index contributed by atoms with van der Waals surface area (Å²) in [4.78, 5) is 2.40. The van der Waals surface area contributed by atoms with E-state index in [1.807, 2.05) is 6.92 Å². The Hall–Kier alpha value is -0.0800. The SMILES string of the molecule is CCC(O)CN1CCC(C)C1C. The molecule has 3 unspecified atom stereocenters. The second-order valence-electron chi connectivity index (χ2n) is 4.06. The topological polar surface area (TPSA) is 23.5 Å². The van der Waals surface area contributed by atoms with Crippen molar-refractivity contribution in [2.75, 3.05) is 13.1 Å². The molecule has 1 aliphatic rings. The quantitative estimate of drug-likeness (QED) is 0.695. The predicted molar refractivity (Wildman–Crippen MR) is 51.1 cm³/mol. The Kier molecular flexibility index (Phi) is 3.53. The van der Waals surface area contributed by atoms with Gasteiger partial charge in [-0.3, -0.25) is 4.90 Å². The molecule has 0 aromatic rings. The molecular formula is C10H21NO. The average molecular weight is 171 g/mol. The van der Waals surface area contributed by atoms with E-state index < -0.39 is 0 Å². The third kappa shape index (κ3) is 2.20. The predicted octanol–water partition coefficient (Wildman–Crippen LogP) is 1.49. The Labute approximate surface area is 75.6 Å². The molecule has 0 bridgehead atoms. The van der Waals surface area contributed by atoms with Gasteiger partial charge in [-0.25, -0.2) is 0 Å². The first kappa shape index (κ1) is 10.0. The van der Waals surface area contributed by atoms with E-state index in [1.54, 1.807) is 0 Å². The highest BCUT2D eigenvalue weighted by Gasteiger charge is 2.27. The van der Waals surface area contributed by atoms with Crippen LogP contribution in [0.25, 0.3) is 0 Å². The summed E-state index contributed by atoms with van der Waals surface area (Å²) < 4.78 is 0. The molecule has 0 saturated carbocycles. The molecule has 0 aliphatic carbocycles. The Balaban J connectivity index is 2.33. The smallest absolute Gasteiger partial charge is 0.0664 e. The van der Waals surface area contributed by atoms with Crippen molar-refractivity contribution in [1.29, 1.82) is 0 Å². The average Bonchev–Trinajstić information content (AvgIpc) is 2.36. The fourth-order valence-electron chi connectivity index (χ4n) is 1.83. The normalized spacial score (nSPS) is 34.0. The molecule has 3 atom stereocenters. The lowest BCUT2D eigenvalue weighted by Crippen LogP contribution is -2.35. The summed E-state index contributed by atoms with van der Waals surface area (Å²) in [6.45, 7) is 8.62. The number of aliphatic hydroxyl groups is 1. The number of hydrogen-bond donors (Lipinski definition) is 1. The summed E-state index contributed by atoms with van der Waals surface area (Å²) in [5, 5.41) is 9.48. The molecule has 2 nitrogen and oxygen atoms in total. The largest absolute Gasteiger partial charge is 0.392 e. The van der Waals surface area contributed by atoms with Gasteiger partial charge in [-0.2, -0.15) is 0 Å². The van der Waals surface area contributed by atoms with Gasteiger partial charge >= 0.3 is 0 Å². The van der Waals surface area contributed by atoms with Gasteiger partial charge < -0.3 is 5.11 Å². The van der Waals surface area contributed by atoms with Gasteiger partial charge in [-0.05, 0) is 32.2 Å². The molecular weight excluding hydrogens is 150 g/mol. The zero-order chi connectivity index (χ0) is 9.14. The molecule has 1 aliphatic heterocycles. The van der Waals surface area contributed by atoms with Crippen LogP contribution in [0.2, 0.25) is 0 Å². The lowest BCUT2D eigenvalue weighted by molar-refractivity contribution is 0.102. The molecule has 12 heavy (non-hydrogen) atoms. The third-order valence-corrected chi connectivity index (χ3v) is 3.19. The fraction of sp³-hybridized carbons (Fsp3) is 1.00. The zero-order valence-corrected chi connectivity index (χ0v) is 8.45. The first-order valence-electron chi connectivity index (χ1n) is 5.07. The molecule has 0 radical (unpaired) electrons. The van der Waals surface area contributed by atoms with E-state index in [0.29, 0.717) is 6.04 Å². The minimum absolute atomic E-state index is 0.127. The maximum atomic E-state index is 9.48. The highest BCUT2D eigenvalue weighted by molar-refractivity contribution is 4.82. The Bertz CT molecular complexity index is 138. The summed E-state index contributed by atoms with van der Waals surface area (Å²) in [6, 6.07) is 0.659. The minimum atomic E-state index is -0.127. The van der Waals surface area contributed by atoms with Crippen molar-refractivity contribution in [3.63, 3.8) is 0 Å². The van der Waals surface area contributed by atoms with Crippen molar-refractivity contribution in [3.05, 3.63) is 0 Å². The molecule has 1 rings (SSSR count). The molecule has 0 spiro atoms. The first-order valence-corrected chi connectivity index (χ1v) is 5.07. The molecule has 72 valence electrons. The van der Waals surface area contributed by atoms with Crippen LogP contribution in [0.15, 0.2) is 0 Å². The monoisotopic (exact) mass is 171 g/mol. The Morgan fingerprint density at radius 1 is 1.50 bits per heavy atom. The van der Waals surface area contributed by atoms with E-state index in [4.69, 9.17) is 0 Å². The summed E-state index contributed by atoms with van der Waals surface area (Å²) in [7, 11) is 0. The van der Waals surface area contributed by atoms with Crippen LogP contribution >= 0.6 is 0 Å². The second kappa shape index (κ2) is 4.24. The van der Waals surface area contributed by atoms with Crippen molar-refractivity contribution in [2.24, 2.45) is 5.92 Å². The summed E-state index contributed by atoms with van der Waals surface area (Å²) in [5.74, 6) is 0.800. The van der Waals surface area contributed by atoms with E-state index >= 15 is 0 Å². The van der Waals surface area contributed by atoms with Gasteiger partial charge in [0, 0.05) is 12.6 Å². The van der Waals surface area contributed by atoms with Crippen LogP contribution < -0.4 is 0 Å². The van der Waals surface area contributed by atoms with Gasteiger partial charge in [0.15, 0.2) is 0 Å². The number of rotatable bonds is 3. The molecule has 0 aromatic carbocycles. The molecule has 0 aromatic heterocycles. The molecule has 1 saturated heterocycles. The molecule has 0 amide bonds. The van der Waals surface area contributed by atoms with Crippen LogP contribution in [0.4, 0.5) is 0 Å². The standard InChI is InChI=1S/C10H21NO/c1-4-10(12)7-11-6-5-8(2)9(11)3/h8-10,12H,4-7H2,1-3H3. The summed E-state index contributed by atoms with van der Waals surface area (Å²) >= 11 is 0. The van der Waals surface area contributed by atoms with E-state index in [9.17, 15) is 5.11 Å². The lowest BCUT2D eigenvalue weighted by Gasteiger charge is -2.25. The van der Waals surface area contributed by atoms with E-state index in [1.165, 1.54) is 13.0 Å². The summed E-state index contributed by atoms with van der Waals surface area (Å²) in [5.41, 5.74) is 0. The van der Waals surface area contributed by atoms with Gasteiger partial charge in [0.05, 0.1) is 6.10 Å². The zero-order valence-electron chi connectivity index (χ0n) is 8.45. The van der Waals surface area contributed by atoms with Gasteiger partial charge in [0.25, 0.3) is 0 Å². The number of nitrogens with zero attached hydrogens (tertiary/aromatic N) is 1. The van der Waals surface area contributed by atoms with Gasteiger partial charge in [-0.1, -0.05) is 13.8 Å².